The molecule has 1 heterocycles. The lowest BCUT2D eigenvalue weighted by atomic mass is 10.1. The molecule has 0 spiro atoms. The molecule has 0 radical (unpaired) electrons. The minimum atomic E-state index is -0.138. The Hall–Kier alpha value is -0.650. The van der Waals surface area contributed by atoms with Crippen molar-refractivity contribution in [1.82, 2.24) is 10.2 Å². The van der Waals surface area contributed by atoms with Crippen molar-refractivity contribution >= 4 is 5.97 Å². The van der Waals surface area contributed by atoms with Gasteiger partial charge in [0.15, 0.2) is 0 Å². The van der Waals surface area contributed by atoms with E-state index < -0.39 is 0 Å². The number of hydrogen-bond donors (Lipinski definition) is 2. The lowest BCUT2D eigenvalue weighted by Crippen LogP contribution is -2.39. The average Bonchev–Trinajstić information content (AvgIpc) is 2.87. The monoisotopic (exact) mass is 288 g/mol. The first-order chi connectivity index (χ1) is 9.52. The highest BCUT2D eigenvalue weighted by atomic mass is 16.5. The van der Waals surface area contributed by atoms with Crippen LogP contribution in [-0.4, -0.2) is 60.9 Å². The Morgan fingerprint density at radius 1 is 1.35 bits per heavy atom. The maximum atomic E-state index is 11.7. The molecule has 0 bridgehead atoms. The fraction of sp³-hybridized carbons (Fsp3) is 0.933. The lowest BCUT2D eigenvalue weighted by molar-refractivity contribution is -0.149. The molecular weight excluding hydrogens is 256 g/mol. The van der Waals surface area contributed by atoms with Crippen molar-refractivity contribution in [3.05, 3.63) is 0 Å². The molecule has 5 nitrogen and oxygen atoms in total. The van der Waals surface area contributed by atoms with E-state index in [2.05, 4.69) is 10.2 Å². The summed E-state index contributed by atoms with van der Waals surface area (Å²) in [7, 11) is 2.00. The summed E-state index contributed by atoms with van der Waals surface area (Å²) in [5.41, 5.74) is 0. The lowest BCUT2D eigenvalue weighted by Gasteiger charge is -2.19. The maximum absolute atomic E-state index is 11.7. The zero-order valence-electron chi connectivity index (χ0n) is 13.7. The van der Waals surface area contributed by atoms with Gasteiger partial charge in [0.25, 0.3) is 0 Å². The summed E-state index contributed by atoms with van der Waals surface area (Å²) in [6, 6.07) is 0.247. The zero-order chi connectivity index (χ0) is 15.5. The number of likely N-dealkylation sites (N-methyl/N-ethyl adjacent to an activating group) is 1. The van der Waals surface area contributed by atoms with E-state index in [1.165, 1.54) is 0 Å². The Balaban J connectivity index is 0.00000172. The predicted molar refractivity (Wildman–Crippen MR) is 81.7 cm³/mol. The van der Waals surface area contributed by atoms with Gasteiger partial charge in [-0.05, 0) is 46.7 Å². The third kappa shape index (κ3) is 7.82. The molecule has 0 saturated carbocycles. The number of aliphatic hydroxyl groups is 1. The van der Waals surface area contributed by atoms with Crippen LogP contribution in [0.2, 0.25) is 0 Å². The van der Waals surface area contributed by atoms with Crippen LogP contribution in [0.15, 0.2) is 0 Å². The Morgan fingerprint density at radius 3 is 2.55 bits per heavy atom. The highest BCUT2D eigenvalue weighted by Gasteiger charge is 2.30. The van der Waals surface area contributed by atoms with Gasteiger partial charge in [0.1, 0.15) is 6.04 Å². The quantitative estimate of drug-likeness (QED) is 0.693. The molecule has 1 saturated heterocycles. The molecule has 120 valence electrons. The second kappa shape index (κ2) is 11.1. The van der Waals surface area contributed by atoms with Crippen LogP contribution < -0.4 is 5.32 Å². The summed E-state index contributed by atoms with van der Waals surface area (Å²) in [5.74, 6) is -0.129. The van der Waals surface area contributed by atoms with Crippen molar-refractivity contribution in [2.45, 2.75) is 65.1 Å². The van der Waals surface area contributed by atoms with E-state index >= 15 is 0 Å². The molecule has 0 aromatic carbocycles. The predicted octanol–water partition coefficient (Wildman–Crippen LogP) is 1.40. The number of rotatable bonds is 7. The number of nitrogens with one attached hydrogen (secondary N) is 1. The Bertz CT molecular complexity index is 260. The molecule has 0 aromatic heterocycles. The van der Waals surface area contributed by atoms with E-state index in [4.69, 9.17) is 9.84 Å². The Kier molecular flexibility index (Phi) is 10.7. The van der Waals surface area contributed by atoms with Crippen molar-refractivity contribution in [2.75, 3.05) is 26.7 Å². The number of nitrogens with zero attached hydrogens (tertiary/aromatic N) is 1. The third-order valence-electron chi connectivity index (χ3n) is 3.22. The third-order valence-corrected chi connectivity index (χ3v) is 3.22. The summed E-state index contributed by atoms with van der Waals surface area (Å²) in [6.45, 7) is 9.57. The van der Waals surface area contributed by atoms with Gasteiger partial charge in [0.05, 0.1) is 12.7 Å². The van der Waals surface area contributed by atoms with Gasteiger partial charge in [-0.2, -0.15) is 0 Å². The molecule has 1 aliphatic heterocycles. The van der Waals surface area contributed by atoms with Gasteiger partial charge in [0.2, 0.25) is 0 Å². The maximum Gasteiger partial charge on any atom is 0.323 e. The van der Waals surface area contributed by atoms with E-state index in [9.17, 15) is 4.79 Å². The number of carbonyl (C=O) groups excluding carboxylic acids is 1. The van der Waals surface area contributed by atoms with Crippen LogP contribution >= 0.6 is 0 Å². The first-order valence-corrected chi connectivity index (χ1v) is 7.79. The first kappa shape index (κ1) is 19.4. The molecule has 2 unspecified atom stereocenters. The van der Waals surface area contributed by atoms with E-state index in [1.54, 1.807) is 0 Å². The molecule has 0 amide bonds. The topological polar surface area (TPSA) is 61.8 Å². The summed E-state index contributed by atoms with van der Waals surface area (Å²) < 4.78 is 5.20. The summed E-state index contributed by atoms with van der Waals surface area (Å²) in [5, 5.41) is 12.1. The van der Waals surface area contributed by atoms with Crippen LogP contribution in [0, 0.1) is 0 Å². The molecule has 5 heteroatoms. The highest BCUT2D eigenvalue weighted by Crippen LogP contribution is 2.16. The molecule has 2 N–H and O–H groups in total. The van der Waals surface area contributed by atoms with Crippen molar-refractivity contribution in [2.24, 2.45) is 0 Å². The van der Waals surface area contributed by atoms with E-state index in [0.29, 0.717) is 12.6 Å². The first-order valence-electron chi connectivity index (χ1n) is 7.79. The van der Waals surface area contributed by atoms with Crippen LogP contribution in [0.4, 0.5) is 0 Å². The van der Waals surface area contributed by atoms with Gasteiger partial charge >= 0.3 is 5.97 Å². The number of ether oxygens (including phenoxy) is 1. The van der Waals surface area contributed by atoms with Gasteiger partial charge < -0.3 is 20.1 Å². The van der Waals surface area contributed by atoms with Gasteiger partial charge in [-0.3, -0.25) is 4.79 Å². The minimum Gasteiger partial charge on any atom is -0.462 e. The number of aliphatic hydroxyl groups excluding tert-OH is 1. The van der Waals surface area contributed by atoms with Crippen LogP contribution in [0.3, 0.4) is 0 Å². The second-order valence-corrected chi connectivity index (χ2v) is 5.29. The van der Waals surface area contributed by atoms with Gasteiger partial charge in [-0.1, -0.05) is 13.8 Å². The van der Waals surface area contributed by atoms with Crippen LogP contribution in [0.5, 0.6) is 0 Å². The average molecular weight is 288 g/mol. The molecular formula is C15H32N2O3. The normalized spacial score (nSPS) is 21.8. The fourth-order valence-electron chi connectivity index (χ4n) is 2.21. The van der Waals surface area contributed by atoms with Crippen LogP contribution in [0.25, 0.3) is 0 Å². The SMILES string of the molecule is CC.CC(C)OC(=O)C1CCC(CCN(C)CCO)N1. The molecule has 20 heavy (non-hydrogen) atoms. The van der Waals surface area contributed by atoms with Crippen molar-refractivity contribution in [3.63, 3.8) is 0 Å². The summed E-state index contributed by atoms with van der Waals surface area (Å²) >= 11 is 0. The summed E-state index contributed by atoms with van der Waals surface area (Å²) in [6.07, 6.45) is 2.83. The van der Waals surface area contributed by atoms with Crippen LogP contribution in [-0.2, 0) is 9.53 Å². The van der Waals surface area contributed by atoms with Crippen molar-refractivity contribution in [1.29, 1.82) is 0 Å². The molecule has 1 fully saturated rings. The van der Waals surface area contributed by atoms with Crippen LogP contribution in [0.1, 0.15) is 47.0 Å². The number of carbonyl (C=O) groups is 1. The van der Waals surface area contributed by atoms with Gasteiger partial charge in [-0.15, -0.1) is 0 Å². The molecule has 0 aromatic rings. The number of esters is 1. The Morgan fingerprint density at radius 2 is 2.00 bits per heavy atom. The zero-order valence-corrected chi connectivity index (χ0v) is 13.7. The standard InChI is InChI=1S/C13H26N2O3.C2H6/c1-10(2)18-13(17)12-5-4-11(14-12)6-7-15(3)8-9-16;1-2/h10-12,14,16H,4-9H2,1-3H3;1-2H3. The minimum absolute atomic E-state index is 0.0472. The van der Waals surface area contributed by atoms with Crippen molar-refractivity contribution < 1.29 is 14.6 Å². The van der Waals surface area contributed by atoms with E-state index in [1.807, 2.05) is 34.7 Å². The molecule has 1 rings (SSSR count). The van der Waals surface area contributed by atoms with Gasteiger partial charge in [-0.25, -0.2) is 0 Å². The second-order valence-electron chi connectivity index (χ2n) is 5.29. The largest absolute Gasteiger partial charge is 0.462 e. The Labute approximate surface area is 123 Å². The fourth-order valence-corrected chi connectivity index (χ4v) is 2.21. The smallest absolute Gasteiger partial charge is 0.323 e. The molecule has 2 atom stereocenters. The molecule has 0 aliphatic carbocycles. The molecule has 1 aliphatic rings. The number of hydrogen-bond acceptors (Lipinski definition) is 5. The van der Waals surface area contributed by atoms with E-state index in [0.717, 1.165) is 25.8 Å². The van der Waals surface area contributed by atoms with Gasteiger partial charge in [0, 0.05) is 12.6 Å². The summed E-state index contributed by atoms with van der Waals surface area (Å²) in [4.78, 5) is 13.8. The highest BCUT2D eigenvalue weighted by molar-refractivity contribution is 5.76. The van der Waals surface area contributed by atoms with E-state index in [-0.39, 0.29) is 24.7 Å². The van der Waals surface area contributed by atoms with Crippen molar-refractivity contribution in [3.8, 4) is 0 Å².